The molecule has 0 saturated carbocycles. The monoisotopic (exact) mass is 701 g/mol. The molecule has 0 radical (unpaired) electrons. The molecule has 1 heterocycles. The lowest BCUT2D eigenvalue weighted by Gasteiger charge is -2.28. The van der Waals surface area contributed by atoms with E-state index >= 15 is 0 Å². The second-order valence-electron chi connectivity index (χ2n) is 11.9. The van der Waals surface area contributed by atoms with Crippen LogP contribution in [0.3, 0.4) is 0 Å². The summed E-state index contributed by atoms with van der Waals surface area (Å²) in [7, 11) is 1.15. The number of amides is 2. The highest BCUT2D eigenvalue weighted by Crippen LogP contribution is 2.30. The number of nitrogens with zero attached hydrogens (tertiary/aromatic N) is 1. The summed E-state index contributed by atoms with van der Waals surface area (Å²) in [5.41, 5.74) is 2.88. The van der Waals surface area contributed by atoms with Crippen LogP contribution < -0.4 is 0 Å². The number of hydrogen-bond acceptors (Lipinski definition) is 11. The normalized spacial score (nSPS) is 16.2. The van der Waals surface area contributed by atoms with Crippen molar-refractivity contribution in [3.63, 3.8) is 0 Å². The lowest BCUT2D eigenvalue weighted by Crippen LogP contribution is -2.51. The molecule has 3 aromatic carbocycles. The average molecular weight is 702 g/mol. The van der Waals surface area contributed by atoms with Crippen LogP contribution in [0.4, 0.5) is 4.79 Å². The maximum Gasteiger partial charge on any atom is 0.417 e. The maximum atomic E-state index is 13.9. The molecule has 0 aromatic heterocycles. The van der Waals surface area contributed by atoms with Gasteiger partial charge in [-0.25, -0.2) is 9.69 Å². The molecule has 1 saturated heterocycles. The summed E-state index contributed by atoms with van der Waals surface area (Å²) >= 11 is 0. The van der Waals surface area contributed by atoms with Crippen molar-refractivity contribution in [2.24, 2.45) is 0 Å². The number of aliphatic hydroxyl groups excluding tert-OH is 1. The molecule has 0 bridgehead atoms. The average Bonchev–Trinajstić information content (AvgIpc) is 3.53. The van der Waals surface area contributed by atoms with E-state index in [0.717, 1.165) is 36.1 Å². The fourth-order valence-corrected chi connectivity index (χ4v) is 5.51. The number of ether oxygens (including phenoxy) is 5. The van der Waals surface area contributed by atoms with E-state index in [0.29, 0.717) is 17.7 Å². The van der Waals surface area contributed by atoms with Crippen molar-refractivity contribution in [3.05, 3.63) is 113 Å². The zero-order chi connectivity index (χ0) is 36.8. The second-order valence-corrected chi connectivity index (χ2v) is 11.9. The van der Waals surface area contributed by atoms with E-state index < -0.39 is 53.9 Å². The van der Waals surface area contributed by atoms with E-state index in [9.17, 15) is 29.1 Å². The Bertz CT molecular complexity index is 1670. The zero-order valence-electron chi connectivity index (χ0n) is 28.9. The molecule has 4 rings (SSSR count). The Kier molecular flexibility index (Phi) is 14.8. The number of hydrogen-bond donors (Lipinski definition) is 1. The van der Waals surface area contributed by atoms with Gasteiger partial charge in [-0.05, 0) is 36.1 Å². The van der Waals surface area contributed by atoms with Crippen LogP contribution in [0.1, 0.15) is 48.1 Å². The first kappa shape index (κ1) is 38.8. The maximum absolute atomic E-state index is 13.9. The van der Waals surface area contributed by atoms with E-state index in [1.807, 2.05) is 43.3 Å². The van der Waals surface area contributed by atoms with Gasteiger partial charge in [0.25, 0.3) is 5.91 Å². The van der Waals surface area contributed by atoms with Crippen molar-refractivity contribution in [1.29, 1.82) is 0 Å². The van der Waals surface area contributed by atoms with Crippen molar-refractivity contribution in [2.75, 3.05) is 33.5 Å². The molecule has 270 valence electrons. The van der Waals surface area contributed by atoms with Gasteiger partial charge in [-0.15, -0.1) is 0 Å². The molecule has 51 heavy (non-hydrogen) atoms. The van der Waals surface area contributed by atoms with Gasteiger partial charge in [0.2, 0.25) is 0 Å². The number of allylic oxidation sites excluding steroid dienone is 1. The van der Waals surface area contributed by atoms with Crippen LogP contribution in [-0.2, 0) is 49.5 Å². The topological polar surface area (TPSA) is 155 Å². The highest BCUT2D eigenvalue weighted by Gasteiger charge is 2.46. The van der Waals surface area contributed by atoms with Gasteiger partial charge in [0.05, 0.1) is 19.8 Å². The Labute approximate surface area is 296 Å². The third kappa shape index (κ3) is 11.0. The Hall–Kier alpha value is -5.01. The van der Waals surface area contributed by atoms with Crippen molar-refractivity contribution in [3.8, 4) is 0 Å². The first-order chi connectivity index (χ1) is 24.6. The third-order valence-electron chi connectivity index (χ3n) is 8.08. The number of rotatable bonds is 19. The smallest absolute Gasteiger partial charge is 0.417 e. The number of benzene rings is 3. The van der Waals surface area contributed by atoms with Gasteiger partial charge >= 0.3 is 12.1 Å². The molecule has 1 N–H and O–H groups in total. The predicted molar refractivity (Wildman–Crippen MR) is 185 cm³/mol. The summed E-state index contributed by atoms with van der Waals surface area (Å²) in [6, 6.07) is 24.4. The molecule has 0 spiro atoms. The Morgan fingerprint density at radius 2 is 1.69 bits per heavy atom. The van der Waals surface area contributed by atoms with E-state index in [4.69, 9.17) is 23.7 Å². The van der Waals surface area contributed by atoms with Crippen molar-refractivity contribution in [1.82, 2.24) is 4.90 Å². The van der Waals surface area contributed by atoms with Crippen molar-refractivity contribution in [2.45, 2.75) is 57.6 Å². The number of carbonyl (C=O) groups is 5. The molecule has 1 fully saturated rings. The Morgan fingerprint density at radius 1 is 0.980 bits per heavy atom. The first-order valence-corrected chi connectivity index (χ1v) is 16.6. The fourth-order valence-electron chi connectivity index (χ4n) is 5.51. The number of esters is 1. The third-order valence-corrected chi connectivity index (χ3v) is 8.08. The molecule has 12 heteroatoms. The predicted octanol–water partition coefficient (Wildman–Crippen LogP) is 4.56. The van der Waals surface area contributed by atoms with E-state index in [1.54, 1.807) is 48.5 Å². The van der Waals surface area contributed by atoms with Crippen LogP contribution in [0.5, 0.6) is 0 Å². The largest absolute Gasteiger partial charge is 0.451 e. The minimum Gasteiger partial charge on any atom is -0.451 e. The molecule has 1 aliphatic heterocycles. The van der Waals surface area contributed by atoms with Crippen LogP contribution in [0, 0.1) is 6.92 Å². The van der Waals surface area contributed by atoms with Gasteiger partial charge in [-0.2, -0.15) is 0 Å². The fraction of sp³-hybridized carbons (Fsp3) is 0.359. The minimum atomic E-state index is -1.83. The van der Waals surface area contributed by atoms with Gasteiger partial charge < -0.3 is 28.8 Å². The summed E-state index contributed by atoms with van der Waals surface area (Å²) in [4.78, 5) is 67.2. The van der Waals surface area contributed by atoms with Crippen LogP contribution in [-0.4, -0.2) is 91.4 Å². The van der Waals surface area contributed by atoms with Crippen molar-refractivity contribution < 1.29 is 52.8 Å². The molecule has 1 aliphatic rings. The number of aliphatic hydroxyl groups is 1. The van der Waals surface area contributed by atoms with Gasteiger partial charge in [-0.1, -0.05) is 90.5 Å². The van der Waals surface area contributed by atoms with Crippen LogP contribution in [0.15, 0.2) is 91.0 Å². The Balaban J connectivity index is 1.49. The summed E-state index contributed by atoms with van der Waals surface area (Å²) in [5, 5.41) is 9.70. The highest BCUT2D eigenvalue weighted by molar-refractivity contribution is 6.25. The standard InChI is InChI=1S/C39H43NO11/c1-26-12-10-17-30(20-26)32(34(43)18-11-19-48-24-31(22-41)49-23-28-13-6-4-7-14-28)21-35(44)36(51-27(2)42)37(47-3)38(45)40-33(25-50-39(40)46)29-15-8-5-9-16-29/h4-10,12-17,20-21,31,33,36-37,41H,11,18-19,22-25H2,1-3H3. The van der Waals surface area contributed by atoms with E-state index in [-0.39, 0.29) is 44.8 Å². The van der Waals surface area contributed by atoms with Gasteiger partial charge in [0.1, 0.15) is 18.8 Å². The van der Waals surface area contributed by atoms with Gasteiger partial charge in [-0.3, -0.25) is 19.2 Å². The van der Waals surface area contributed by atoms with Crippen LogP contribution in [0.2, 0.25) is 0 Å². The molecule has 4 unspecified atom stereocenters. The number of methoxy groups -OCH3 is 1. The number of cyclic esters (lactones) is 1. The molecule has 2 amide bonds. The molecular weight excluding hydrogens is 658 g/mol. The van der Waals surface area contributed by atoms with Gasteiger partial charge in [0, 0.05) is 32.6 Å². The zero-order valence-corrected chi connectivity index (χ0v) is 28.9. The van der Waals surface area contributed by atoms with Crippen molar-refractivity contribution >= 4 is 35.1 Å². The minimum absolute atomic E-state index is 0.00897. The first-order valence-electron chi connectivity index (χ1n) is 16.6. The quantitative estimate of drug-likeness (QED) is 0.106. The second kappa shape index (κ2) is 19.4. The summed E-state index contributed by atoms with van der Waals surface area (Å²) in [5.74, 6) is -3.12. The number of imide groups is 1. The Morgan fingerprint density at radius 3 is 2.33 bits per heavy atom. The molecule has 3 aromatic rings. The molecule has 4 atom stereocenters. The number of Topliss-reactive ketones (excluding diaryl/α,β-unsaturated/α-hetero) is 1. The SMILES string of the molecule is COC(C(=O)N1C(=O)OCC1c1ccccc1)C(OC(C)=O)C(=O)C=C(C(=O)CCCOCC(CO)OCc1ccccc1)c1cccc(C)c1. The summed E-state index contributed by atoms with van der Waals surface area (Å²) < 4.78 is 27.3. The molecular formula is C39H43NO11. The number of aryl methyl sites for hydroxylation is 1. The van der Waals surface area contributed by atoms with E-state index in [1.165, 1.54) is 0 Å². The summed E-state index contributed by atoms with van der Waals surface area (Å²) in [6.07, 6.45) is -3.73. The van der Waals surface area contributed by atoms with Gasteiger partial charge in [0.15, 0.2) is 23.8 Å². The van der Waals surface area contributed by atoms with E-state index in [2.05, 4.69) is 0 Å². The molecule has 12 nitrogen and oxygen atoms in total. The highest BCUT2D eigenvalue weighted by atomic mass is 16.6. The molecule has 0 aliphatic carbocycles. The number of ketones is 2. The number of carbonyl (C=O) groups excluding carboxylic acids is 5. The lowest BCUT2D eigenvalue weighted by molar-refractivity contribution is -0.166. The van der Waals surface area contributed by atoms with Crippen LogP contribution in [0.25, 0.3) is 5.57 Å². The van der Waals surface area contributed by atoms with Crippen LogP contribution >= 0.6 is 0 Å². The summed E-state index contributed by atoms with van der Waals surface area (Å²) in [6.45, 7) is 3.14. The lowest BCUT2D eigenvalue weighted by atomic mass is 9.94.